The molecule has 1 aliphatic heterocycles. The van der Waals surface area contributed by atoms with Gasteiger partial charge in [0, 0.05) is 23.9 Å². The third-order valence-electron chi connectivity index (χ3n) is 5.52. The van der Waals surface area contributed by atoms with Gasteiger partial charge < -0.3 is 25.0 Å². The van der Waals surface area contributed by atoms with Crippen LogP contribution < -0.4 is 25.0 Å². The molecule has 38 heavy (non-hydrogen) atoms. The van der Waals surface area contributed by atoms with E-state index in [2.05, 4.69) is 20.6 Å². The van der Waals surface area contributed by atoms with Crippen LogP contribution in [0.3, 0.4) is 0 Å². The van der Waals surface area contributed by atoms with Crippen molar-refractivity contribution in [3.8, 4) is 11.5 Å². The maximum Gasteiger partial charge on any atom is 0.276 e. The molecule has 0 fully saturated rings. The van der Waals surface area contributed by atoms with E-state index >= 15 is 0 Å². The lowest BCUT2D eigenvalue weighted by atomic mass is 10.0. The number of aromatic nitrogens is 2. The second-order valence-corrected chi connectivity index (χ2v) is 9.24. The van der Waals surface area contributed by atoms with Crippen LogP contribution in [0.4, 0.5) is 34.5 Å². The van der Waals surface area contributed by atoms with Crippen LogP contribution in [0.25, 0.3) is 0 Å². The Bertz CT molecular complexity index is 1410. The Morgan fingerprint density at radius 1 is 1.24 bits per heavy atom. The van der Waals surface area contributed by atoms with Crippen molar-refractivity contribution in [1.29, 1.82) is 0 Å². The molecular weight excluding hydrogens is 494 g/mol. The Labute approximate surface area is 218 Å². The number of carbonyl (C=O) groups is 2. The number of nitro benzene ring substituents is 1. The van der Waals surface area contributed by atoms with Gasteiger partial charge >= 0.3 is 0 Å². The largest absolute Gasteiger partial charge is 0.494 e. The van der Waals surface area contributed by atoms with E-state index in [0.717, 1.165) is 0 Å². The summed E-state index contributed by atoms with van der Waals surface area (Å²) in [6.45, 7) is 3.42. The molecule has 1 aromatic heterocycles. The van der Waals surface area contributed by atoms with Crippen molar-refractivity contribution < 1.29 is 24.0 Å². The Kier molecular flexibility index (Phi) is 7.12. The van der Waals surface area contributed by atoms with Crippen LogP contribution in [0.2, 0.25) is 0 Å². The normalized spacial score (nSPS) is 13.9. The summed E-state index contributed by atoms with van der Waals surface area (Å²) in [5.74, 6) is 0.266. The number of fused-ring (bicyclic) bond motifs is 1. The first-order valence-corrected chi connectivity index (χ1v) is 11.5. The van der Waals surface area contributed by atoms with Gasteiger partial charge in [0.25, 0.3) is 11.6 Å². The van der Waals surface area contributed by atoms with E-state index in [9.17, 15) is 19.7 Å². The van der Waals surface area contributed by atoms with Crippen LogP contribution in [0.15, 0.2) is 48.7 Å². The molecule has 1 aliphatic rings. The molecule has 0 atom stereocenters. The minimum atomic E-state index is -1.26. The lowest BCUT2D eigenvalue weighted by Crippen LogP contribution is -2.51. The molecule has 13 heteroatoms. The fourth-order valence-corrected chi connectivity index (χ4v) is 3.80. The number of carbonyl (C=O) groups excluding carboxylic acids is 2. The first-order chi connectivity index (χ1) is 18.0. The molecule has 13 nitrogen and oxygen atoms in total. The van der Waals surface area contributed by atoms with Gasteiger partial charge in [-0.2, -0.15) is 4.98 Å². The summed E-state index contributed by atoms with van der Waals surface area (Å²) in [7, 11) is 5.08. The van der Waals surface area contributed by atoms with Crippen molar-refractivity contribution in [1.82, 2.24) is 14.9 Å². The third kappa shape index (κ3) is 5.47. The fourth-order valence-electron chi connectivity index (χ4n) is 3.80. The molecule has 2 N–H and O–H groups in total. The Morgan fingerprint density at radius 2 is 2.00 bits per heavy atom. The number of non-ortho nitro benzene ring substituents is 1. The van der Waals surface area contributed by atoms with Crippen molar-refractivity contribution >= 4 is 46.3 Å². The highest BCUT2D eigenvalue weighted by molar-refractivity contribution is 6.07. The number of amides is 2. The van der Waals surface area contributed by atoms with Gasteiger partial charge in [0.2, 0.25) is 11.9 Å². The van der Waals surface area contributed by atoms with E-state index in [4.69, 9.17) is 9.47 Å². The topological polar surface area (TPSA) is 152 Å². The second kappa shape index (κ2) is 10.3. The smallest absolute Gasteiger partial charge is 0.276 e. The summed E-state index contributed by atoms with van der Waals surface area (Å²) < 4.78 is 11.3. The van der Waals surface area contributed by atoms with Gasteiger partial charge in [-0.25, -0.2) is 4.98 Å². The van der Waals surface area contributed by atoms with Gasteiger partial charge in [0.05, 0.1) is 36.1 Å². The van der Waals surface area contributed by atoms with Crippen LogP contribution in [0.1, 0.15) is 13.8 Å². The SMILES string of the molecule is COc1cc(NC(=O)CN(C)C)ccc1Nc1ncc2c(n1)N(c1cccc([N+](=O)[O-])c1)C(=O)C(C)(C)O2. The summed E-state index contributed by atoms with van der Waals surface area (Å²) in [5.41, 5.74) is -0.114. The van der Waals surface area contributed by atoms with Gasteiger partial charge in [-0.15, -0.1) is 0 Å². The zero-order chi connectivity index (χ0) is 27.6. The van der Waals surface area contributed by atoms with E-state index in [1.165, 1.54) is 36.4 Å². The molecule has 0 saturated carbocycles. The van der Waals surface area contributed by atoms with E-state index < -0.39 is 16.4 Å². The highest BCUT2D eigenvalue weighted by atomic mass is 16.6. The van der Waals surface area contributed by atoms with Crippen LogP contribution in [0, 0.1) is 10.1 Å². The Morgan fingerprint density at radius 3 is 2.68 bits per heavy atom. The Balaban J connectivity index is 1.68. The average molecular weight is 522 g/mol. The molecule has 0 radical (unpaired) electrons. The minimum absolute atomic E-state index is 0.123. The number of hydrogen-bond acceptors (Lipinski definition) is 10. The molecule has 0 saturated heterocycles. The summed E-state index contributed by atoms with van der Waals surface area (Å²) in [6.07, 6.45) is 1.42. The summed E-state index contributed by atoms with van der Waals surface area (Å²) in [6, 6.07) is 10.7. The van der Waals surface area contributed by atoms with E-state index in [1.54, 1.807) is 57.1 Å². The zero-order valence-electron chi connectivity index (χ0n) is 21.5. The quantitative estimate of drug-likeness (QED) is 0.333. The van der Waals surface area contributed by atoms with Crippen molar-refractivity contribution in [3.63, 3.8) is 0 Å². The van der Waals surface area contributed by atoms with Crippen LogP contribution in [-0.2, 0) is 9.59 Å². The maximum atomic E-state index is 13.3. The van der Waals surface area contributed by atoms with E-state index in [0.29, 0.717) is 17.1 Å². The second-order valence-electron chi connectivity index (χ2n) is 9.24. The Hall–Kier alpha value is -4.78. The number of methoxy groups -OCH3 is 1. The van der Waals surface area contributed by atoms with Gasteiger partial charge in [-0.3, -0.25) is 24.6 Å². The number of nitro groups is 1. The standard InChI is InChI=1S/C25H27N7O6/c1-25(2)23(34)31(16-7-6-8-17(12-16)32(35)36)22-20(38-25)13-26-24(29-22)28-18-10-9-15(11-19(18)37-5)27-21(33)14-30(3)4/h6-13H,14H2,1-5H3,(H,27,33)(H,26,28,29). The predicted octanol–water partition coefficient (Wildman–Crippen LogP) is 3.47. The van der Waals surface area contributed by atoms with Gasteiger partial charge in [-0.05, 0) is 46.1 Å². The molecule has 198 valence electrons. The van der Waals surface area contributed by atoms with Gasteiger partial charge in [0.15, 0.2) is 17.2 Å². The highest BCUT2D eigenvalue weighted by Crippen LogP contribution is 2.42. The third-order valence-corrected chi connectivity index (χ3v) is 5.52. The molecule has 2 heterocycles. The average Bonchev–Trinajstić information content (AvgIpc) is 2.85. The molecule has 2 aromatic carbocycles. The fraction of sp³-hybridized carbons (Fsp3) is 0.280. The number of rotatable bonds is 8. The minimum Gasteiger partial charge on any atom is -0.494 e. The van der Waals surface area contributed by atoms with Crippen LogP contribution >= 0.6 is 0 Å². The number of ether oxygens (including phenoxy) is 2. The lowest BCUT2D eigenvalue weighted by Gasteiger charge is -2.37. The first-order valence-electron chi connectivity index (χ1n) is 11.5. The van der Waals surface area contributed by atoms with E-state index in [-0.39, 0.29) is 41.3 Å². The number of nitrogens with one attached hydrogen (secondary N) is 2. The molecule has 0 aliphatic carbocycles. The maximum absolute atomic E-state index is 13.3. The van der Waals surface area contributed by atoms with Crippen LogP contribution in [0.5, 0.6) is 11.5 Å². The number of anilines is 5. The van der Waals surface area contributed by atoms with Crippen molar-refractivity contribution in [3.05, 3.63) is 58.8 Å². The first kappa shape index (κ1) is 26.3. The predicted molar refractivity (Wildman–Crippen MR) is 140 cm³/mol. The number of nitrogens with zero attached hydrogens (tertiary/aromatic N) is 5. The molecule has 3 aromatic rings. The summed E-state index contributed by atoms with van der Waals surface area (Å²) in [5, 5.41) is 17.2. The molecule has 2 amide bonds. The van der Waals surface area contributed by atoms with Gasteiger partial charge in [0.1, 0.15) is 5.75 Å². The summed E-state index contributed by atoms with van der Waals surface area (Å²) >= 11 is 0. The number of hydrogen-bond donors (Lipinski definition) is 2. The molecule has 0 bridgehead atoms. The van der Waals surface area contributed by atoms with Gasteiger partial charge in [-0.1, -0.05) is 6.07 Å². The zero-order valence-corrected chi connectivity index (χ0v) is 21.5. The summed E-state index contributed by atoms with van der Waals surface area (Å²) in [4.78, 5) is 48.1. The van der Waals surface area contributed by atoms with Crippen LogP contribution in [-0.4, -0.2) is 65.0 Å². The highest BCUT2D eigenvalue weighted by Gasteiger charge is 2.43. The van der Waals surface area contributed by atoms with Crippen molar-refractivity contribution in [2.75, 3.05) is 43.3 Å². The van der Waals surface area contributed by atoms with Crippen molar-refractivity contribution in [2.45, 2.75) is 19.4 Å². The monoisotopic (exact) mass is 521 g/mol. The number of benzene rings is 2. The van der Waals surface area contributed by atoms with E-state index in [1.807, 2.05) is 0 Å². The molecule has 4 rings (SSSR count). The molecular formula is C25H27N7O6. The molecule has 0 unspecified atom stereocenters. The van der Waals surface area contributed by atoms with Crippen molar-refractivity contribution in [2.24, 2.45) is 0 Å². The lowest BCUT2D eigenvalue weighted by molar-refractivity contribution is -0.384. The number of likely N-dealkylation sites (N-methyl/N-ethyl adjacent to an activating group) is 1. The molecule has 0 spiro atoms.